The zero-order chi connectivity index (χ0) is 22.0. The maximum Gasteiger partial charge on any atom is 0.418 e. The van der Waals surface area contributed by atoms with Gasteiger partial charge in [-0.1, -0.05) is 41.9 Å². The second-order valence-corrected chi connectivity index (χ2v) is 7.17. The zero-order valence-electron chi connectivity index (χ0n) is 15.9. The summed E-state index contributed by atoms with van der Waals surface area (Å²) in [7, 11) is 0. The van der Waals surface area contributed by atoms with Crippen molar-refractivity contribution >= 4 is 28.9 Å². The van der Waals surface area contributed by atoms with Crippen LogP contribution in [0.3, 0.4) is 0 Å². The van der Waals surface area contributed by atoms with Crippen LogP contribution in [0.15, 0.2) is 66.7 Å². The number of nitrogens with one attached hydrogen (secondary N) is 2. The quantitative estimate of drug-likeness (QED) is 0.511. The highest BCUT2D eigenvalue weighted by Gasteiger charge is 2.35. The van der Waals surface area contributed by atoms with Crippen LogP contribution in [-0.4, -0.2) is 12.7 Å². The fourth-order valence-electron chi connectivity index (χ4n) is 3.16. The van der Waals surface area contributed by atoms with Crippen LogP contribution in [0.5, 0.6) is 11.5 Å². The molecule has 1 heterocycles. The average Bonchev–Trinajstić information content (AvgIpc) is 3.21. The normalized spacial score (nSPS) is 13.5. The van der Waals surface area contributed by atoms with Crippen molar-refractivity contribution in [3.05, 3.63) is 82.9 Å². The fraction of sp³-hybridized carbons (Fsp3) is 0.136. The number of carbonyl (C=O) groups excluding carboxylic acids is 1. The predicted octanol–water partition coefficient (Wildman–Crippen LogP) is 5.88. The molecule has 9 heteroatoms. The Balaban J connectivity index is 1.64. The Labute approximate surface area is 180 Å². The number of anilines is 2. The summed E-state index contributed by atoms with van der Waals surface area (Å²) >= 11 is 5.72. The molecule has 5 nitrogen and oxygen atoms in total. The van der Waals surface area contributed by atoms with Gasteiger partial charge in [-0.15, -0.1) is 0 Å². The molecular weight excluding hydrogens is 433 g/mol. The fourth-order valence-corrected chi connectivity index (χ4v) is 3.34. The number of rotatable bonds is 5. The Hall–Kier alpha value is -3.39. The minimum atomic E-state index is -4.68. The maximum atomic E-state index is 13.4. The van der Waals surface area contributed by atoms with Gasteiger partial charge in [-0.3, -0.25) is 4.79 Å². The van der Waals surface area contributed by atoms with E-state index in [1.807, 2.05) is 0 Å². The Morgan fingerprint density at radius 3 is 2.45 bits per heavy atom. The monoisotopic (exact) mass is 448 g/mol. The second kappa shape index (κ2) is 8.39. The van der Waals surface area contributed by atoms with Crippen molar-refractivity contribution in [2.75, 3.05) is 17.4 Å². The number of ether oxygens (including phenoxy) is 2. The van der Waals surface area contributed by atoms with Gasteiger partial charge in [-0.25, -0.2) is 0 Å². The number of hydrogen-bond donors (Lipinski definition) is 2. The topological polar surface area (TPSA) is 59.6 Å². The molecule has 0 saturated heterocycles. The number of fused-ring (bicyclic) bond motifs is 1. The van der Waals surface area contributed by atoms with Crippen LogP contribution < -0.4 is 20.1 Å². The molecule has 31 heavy (non-hydrogen) atoms. The number of benzene rings is 3. The van der Waals surface area contributed by atoms with E-state index >= 15 is 0 Å². The largest absolute Gasteiger partial charge is 0.454 e. The number of alkyl halides is 3. The maximum absolute atomic E-state index is 13.4. The molecule has 0 radical (unpaired) electrons. The first-order valence-corrected chi connectivity index (χ1v) is 9.58. The molecule has 0 spiro atoms. The van der Waals surface area contributed by atoms with E-state index in [0.717, 1.165) is 12.1 Å². The van der Waals surface area contributed by atoms with Gasteiger partial charge in [0.15, 0.2) is 11.5 Å². The predicted molar refractivity (Wildman–Crippen MR) is 110 cm³/mol. The summed E-state index contributed by atoms with van der Waals surface area (Å²) in [4.78, 5) is 13.1. The summed E-state index contributed by atoms with van der Waals surface area (Å²) in [5.74, 6) is 0.410. The van der Waals surface area contributed by atoms with Gasteiger partial charge in [-0.05, 0) is 35.9 Å². The molecule has 1 aliphatic rings. The third-order valence-electron chi connectivity index (χ3n) is 4.62. The van der Waals surface area contributed by atoms with E-state index < -0.39 is 23.7 Å². The van der Waals surface area contributed by atoms with Crippen molar-refractivity contribution in [3.63, 3.8) is 0 Å². The van der Waals surface area contributed by atoms with E-state index in [1.165, 1.54) is 6.07 Å². The molecule has 0 aliphatic carbocycles. The molecule has 0 bridgehead atoms. The number of carbonyl (C=O) groups is 1. The van der Waals surface area contributed by atoms with Gasteiger partial charge in [-0.2, -0.15) is 13.2 Å². The highest BCUT2D eigenvalue weighted by molar-refractivity contribution is 6.30. The summed E-state index contributed by atoms with van der Waals surface area (Å²) in [5, 5.41) is 5.36. The van der Waals surface area contributed by atoms with E-state index in [4.69, 9.17) is 21.1 Å². The summed E-state index contributed by atoms with van der Waals surface area (Å²) in [6.07, 6.45) is -4.68. The van der Waals surface area contributed by atoms with Crippen LogP contribution in [0.4, 0.5) is 24.5 Å². The van der Waals surface area contributed by atoms with Crippen LogP contribution >= 0.6 is 11.6 Å². The molecule has 0 fully saturated rings. The molecule has 2 N–H and O–H groups in total. The lowest BCUT2D eigenvalue weighted by Crippen LogP contribution is -2.28. The van der Waals surface area contributed by atoms with Crippen molar-refractivity contribution in [3.8, 4) is 11.5 Å². The summed E-state index contributed by atoms with van der Waals surface area (Å²) in [6.45, 7) is 0.0954. The molecule has 160 valence electrons. The van der Waals surface area contributed by atoms with E-state index in [-0.39, 0.29) is 17.5 Å². The van der Waals surface area contributed by atoms with Gasteiger partial charge in [0.05, 0.1) is 11.3 Å². The molecule has 3 aromatic carbocycles. The Bertz CT molecular complexity index is 1110. The highest BCUT2D eigenvalue weighted by Crippen LogP contribution is 2.38. The molecule has 3 aromatic rings. The number of amides is 1. The summed E-state index contributed by atoms with van der Waals surface area (Å²) in [6, 6.07) is 15.9. The zero-order valence-corrected chi connectivity index (χ0v) is 16.6. The first-order chi connectivity index (χ1) is 14.8. The molecule has 0 saturated carbocycles. The van der Waals surface area contributed by atoms with Gasteiger partial charge in [0, 0.05) is 16.8 Å². The second-order valence-electron chi connectivity index (χ2n) is 6.73. The van der Waals surface area contributed by atoms with Crippen molar-refractivity contribution < 1.29 is 27.4 Å². The van der Waals surface area contributed by atoms with Crippen LogP contribution in [-0.2, 0) is 11.0 Å². The SMILES string of the molecule is O=C(Nc1ccc(Cl)cc1C(F)(F)F)[C@H](Nc1ccc2c(c1)OCO2)c1ccccc1. The minimum Gasteiger partial charge on any atom is -0.454 e. The first kappa shape index (κ1) is 20.9. The van der Waals surface area contributed by atoms with Crippen molar-refractivity contribution in [1.29, 1.82) is 0 Å². The molecule has 4 rings (SSSR count). The third-order valence-corrected chi connectivity index (χ3v) is 4.86. The van der Waals surface area contributed by atoms with Crippen LogP contribution in [0.25, 0.3) is 0 Å². The average molecular weight is 449 g/mol. The van der Waals surface area contributed by atoms with Gasteiger partial charge >= 0.3 is 6.18 Å². The van der Waals surface area contributed by atoms with Crippen LogP contribution in [0.2, 0.25) is 5.02 Å². The Kier molecular flexibility index (Phi) is 5.65. The third kappa shape index (κ3) is 4.69. The molecule has 0 aromatic heterocycles. The van der Waals surface area contributed by atoms with Crippen molar-refractivity contribution in [2.24, 2.45) is 0 Å². The van der Waals surface area contributed by atoms with E-state index in [1.54, 1.807) is 48.5 Å². The van der Waals surface area contributed by atoms with Gasteiger partial charge in [0.2, 0.25) is 6.79 Å². The lowest BCUT2D eigenvalue weighted by molar-refractivity contribution is -0.137. The number of hydrogen-bond acceptors (Lipinski definition) is 4. The molecule has 1 atom stereocenters. The molecule has 0 unspecified atom stereocenters. The Morgan fingerprint density at radius 2 is 1.71 bits per heavy atom. The van der Waals surface area contributed by atoms with E-state index in [2.05, 4.69) is 10.6 Å². The smallest absolute Gasteiger partial charge is 0.418 e. The summed E-state index contributed by atoms with van der Waals surface area (Å²) in [5.41, 5.74) is -0.292. The molecule has 1 aliphatic heterocycles. The number of halogens is 4. The Morgan fingerprint density at radius 1 is 0.968 bits per heavy atom. The van der Waals surface area contributed by atoms with Crippen LogP contribution in [0.1, 0.15) is 17.2 Å². The van der Waals surface area contributed by atoms with Crippen LogP contribution in [0, 0.1) is 0 Å². The van der Waals surface area contributed by atoms with E-state index in [0.29, 0.717) is 22.7 Å². The summed E-state index contributed by atoms with van der Waals surface area (Å²) < 4.78 is 50.9. The first-order valence-electron chi connectivity index (χ1n) is 9.20. The molecule has 1 amide bonds. The van der Waals surface area contributed by atoms with Crippen molar-refractivity contribution in [2.45, 2.75) is 12.2 Å². The lowest BCUT2D eigenvalue weighted by Gasteiger charge is -2.22. The van der Waals surface area contributed by atoms with Crippen molar-refractivity contribution in [1.82, 2.24) is 0 Å². The van der Waals surface area contributed by atoms with Gasteiger partial charge < -0.3 is 20.1 Å². The standard InChI is InChI=1S/C22H16ClF3N2O3/c23-14-6-8-17(16(10-14)22(24,25)26)28-21(29)20(13-4-2-1-3-5-13)27-15-7-9-18-19(11-15)31-12-30-18/h1-11,20,27H,12H2,(H,28,29)/t20-/m1/s1. The minimum absolute atomic E-state index is 0.0802. The van der Waals surface area contributed by atoms with Gasteiger partial charge in [0.25, 0.3) is 5.91 Å². The van der Waals surface area contributed by atoms with Gasteiger partial charge in [0.1, 0.15) is 6.04 Å². The molecular formula is C22H16ClF3N2O3. The highest BCUT2D eigenvalue weighted by atomic mass is 35.5. The lowest BCUT2D eigenvalue weighted by atomic mass is 10.0. The van der Waals surface area contributed by atoms with E-state index in [9.17, 15) is 18.0 Å².